The maximum atomic E-state index is 11.7. The third-order valence-electron chi connectivity index (χ3n) is 13.4. The first-order valence-corrected chi connectivity index (χ1v) is 20.7. The molecule has 8 heteroatoms. The van der Waals surface area contributed by atoms with Crippen LogP contribution in [-0.4, -0.2) is 74.4 Å². The van der Waals surface area contributed by atoms with Crippen LogP contribution in [0.3, 0.4) is 0 Å². The number of hydrogen-bond donors (Lipinski definition) is 7. The summed E-state index contributed by atoms with van der Waals surface area (Å²) in [5.74, 6) is 2.47. The quantitative estimate of drug-likeness (QED) is 0.0463. The van der Waals surface area contributed by atoms with Gasteiger partial charge in [-0.3, -0.25) is 4.79 Å². The number of aliphatic hydroxyl groups excluding tert-OH is 5. The molecule has 1 fully saturated rings. The van der Waals surface area contributed by atoms with Crippen molar-refractivity contribution in [1.29, 1.82) is 0 Å². The van der Waals surface area contributed by atoms with Crippen molar-refractivity contribution in [2.45, 2.75) is 131 Å². The average Bonchev–Trinajstić information content (AvgIpc) is 3.10. The summed E-state index contributed by atoms with van der Waals surface area (Å²) < 4.78 is 0. The molecule has 3 rings (SSSR count). The Hall–Kier alpha value is -1.29. The van der Waals surface area contributed by atoms with E-state index in [1.807, 2.05) is 20.8 Å². The van der Waals surface area contributed by atoms with Gasteiger partial charge in [-0.05, 0) is 161 Å². The standard InChI is InChI=1S/C43H76O8/c1-27(14-32(25-46)16-28(2)23-44)15-33(26-47)20-41(19-31(5)43(50)51)39-13-9-35-6-10-36-21-38(12-8-34(36)7-11-37(35)22-39)40(17-29(3)24-45)18-30(4)42(48)49/h8,12,22,27-36,38-41,43-47,50-51H,6-7,9-11,13-21,23-26H2,1-5H3,(H,48,49)/t27?,28?,29?,30?,31?,32?,33?,34-,35-,36?,38+,39?,40?,41?/m0/s1. The molecule has 0 spiro atoms. The summed E-state index contributed by atoms with van der Waals surface area (Å²) in [5, 5.41) is 69.6. The lowest BCUT2D eigenvalue weighted by Gasteiger charge is -2.41. The Morgan fingerprint density at radius 1 is 0.667 bits per heavy atom. The van der Waals surface area contributed by atoms with Crippen LogP contribution in [0.5, 0.6) is 0 Å². The average molecular weight is 721 g/mol. The van der Waals surface area contributed by atoms with Gasteiger partial charge in [0.05, 0.1) is 5.92 Å². The lowest BCUT2D eigenvalue weighted by molar-refractivity contribution is -0.141. The lowest BCUT2D eigenvalue weighted by Crippen LogP contribution is -2.31. The van der Waals surface area contributed by atoms with Crippen LogP contribution < -0.4 is 0 Å². The van der Waals surface area contributed by atoms with E-state index in [0.29, 0.717) is 48.3 Å². The van der Waals surface area contributed by atoms with Crippen LogP contribution in [0, 0.1) is 82.9 Å². The van der Waals surface area contributed by atoms with E-state index in [-0.39, 0.29) is 73.8 Å². The predicted molar refractivity (Wildman–Crippen MR) is 203 cm³/mol. The third-order valence-corrected chi connectivity index (χ3v) is 13.4. The predicted octanol–water partition coefficient (Wildman–Crippen LogP) is 7.06. The van der Waals surface area contributed by atoms with Gasteiger partial charge in [0.15, 0.2) is 6.29 Å². The number of carboxylic acids is 1. The molecule has 0 aliphatic heterocycles. The first-order chi connectivity index (χ1) is 24.3. The van der Waals surface area contributed by atoms with E-state index in [1.54, 1.807) is 5.57 Å². The summed E-state index contributed by atoms with van der Waals surface area (Å²) in [5.41, 5.74) is 1.57. The second-order valence-corrected chi connectivity index (χ2v) is 18.1. The van der Waals surface area contributed by atoms with Crippen molar-refractivity contribution in [1.82, 2.24) is 0 Å². The molecule has 0 bridgehead atoms. The van der Waals surface area contributed by atoms with Crippen molar-refractivity contribution in [2.75, 3.05) is 26.4 Å². The lowest BCUT2D eigenvalue weighted by atomic mass is 9.64. The van der Waals surface area contributed by atoms with E-state index in [0.717, 1.165) is 64.2 Å². The molecule has 0 aromatic carbocycles. The van der Waals surface area contributed by atoms with Crippen LogP contribution in [0.1, 0.15) is 125 Å². The molecule has 0 aromatic rings. The second-order valence-electron chi connectivity index (χ2n) is 18.1. The summed E-state index contributed by atoms with van der Waals surface area (Å²) in [6, 6.07) is 0. The van der Waals surface area contributed by atoms with E-state index in [9.17, 15) is 40.5 Å². The molecule has 0 aromatic heterocycles. The molecule has 8 nitrogen and oxygen atoms in total. The molecule has 3 aliphatic rings. The summed E-state index contributed by atoms with van der Waals surface area (Å²) >= 11 is 0. The second kappa shape index (κ2) is 22.2. The van der Waals surface area contributed by atoms with Gasteiger partial charge in [-0.15, -0.1) is 0 Å². The maximum absolute atomic E-state index is 11.7. The molecular weight excluding hydrogens is 644 g/mol. The highest BCUT2D eigenvalue weighted by atomic mass is 16.5. The molecule has 0 amide bonds. The molecule has 0 radical (unpaired) electrons. The summed E-state index contributed by atoms with van der Waals surface area (Å²) in [6.45, 7) is 10.5. The Balaban J connectivity index is 1.72. The first kappa shape index (κ1) is 44.1. The highest BCUT2D eigenvalue weighted by molar-refractivity contribution is 5.69. The number of aliphatic hydroxyl groups is 6. The van der Waals surface area contributed by atoms with Crippen molar-refractivity contribution in [2.24, 2.45) is 82.9 Å². The minimum Gasteiger partial charge on any atom is -0.481 e. The van der Waals surface area contributed by atoms with Gasteiger partial charge in [-0.2, -0.15) is 0 Å². The Morgan fingerprint density at radius 3 is 1.86 bits per heavy atom. The van der Waals surface area contributed by atoms with Crippen LogP contribution in [0.15, 0.2) is 23.8 Å². The van der Waals surface area contributed by atoms with Gasteiger partial charge in [-0.25, -0.2) is 0 Å². The highest BCUT2D eigenvalue weighted by Crippen LogP contribution is 2.48. The summed E-state index contributed by atoms with van der Waals surface area (Å²) in [7, 11) is 0. The third kappa shape index (κ3) is 14.1. The zero-order chi connectivity index (χ0) is 37.7. The van der Waals surface area contributed by atoms with E-state index < -0.39 is 12.3 Å². The van der Waals surface area contributed by atoms with Crippen LogP contribution in [-0.2, 0) is 4.79 Å². The number of rotatable bonds is 22. The smallest absolute Gasteiger partial charge is 0.306 e. The van der Waals surface area contributed by atoms with Gasteiger partial charge in [0.25, 0.3) is 0 Å². The van der Waals surface area contributed by atoms with E-state index in [2.05, 4.69) is 32.1 Å². The Morgan fingerprint density at radius 2 is 1.25 bits per heavy atom. The molecule has 7 N–H and O–H groups in total. The monoisotopic (exact) mass is 721 g/mol. The van der Waals surface area contributed by atoms with Crippen molar-refractivity contribution >= 4 is 5.97 Å². The SMILES string of the molecule is CC(CO)CC(CO)CC(C)CC(CO)CC(CC(C)C(O)O)C1C=C2CC[C@H]3C=C[C@@H](C(CC(C)CO)CC(C)C(=O)O)CC3CC[C@H]2CC1. The van der Waals surface area contributed by atoms with Crippen molar-refractivity contribution in [3.8, 4) is 0 Å². The zero-order valence-corrected chi connectivity index (χ0v) is 32.7. The van der Waals surface area contributed by atoms with Gasteiger partial charge in [0.1, 0.15) is 0 Å². The van der Waals surface area contributed by atoms with Gasteiger partial charge < -0.3 is 35.7 Å². The number of fused-ring (bicyclic) bond motifs is 2. The van der Waals surface area contributed by atoms with Crippen LogP contribution >= 0.6 is 0 Å². The van der Waals surface area contributed by atoms with Crippen molar-refractivity contribution in [3.63, 3.8) is 0 Å². The first-order valence-electron chi connectivity index (χ1n) is 20.7. The minimum absolute atomic E-state index is 0.102. The number of allylic oxidation sites excluding steroid dienone is 4. The van der Waals surface area contributed by atoms with E-state index in [4.69, 9.17) is 0 Å². The molecule has 1 saturated carbocycles. The van der Waals surface area contributed by atoms with Crippen LogP contribution in [0.25, 0.3) is 0 Å². The molecule has 296 valence electrons. The Kier molecular flexibility index (Phi) is 19.2. The minimum atomic E-state index is -1.36. The van der Waals surface area contributed by atoms with Gasteiger partial charge in [0, 0.05) is 32.3 Å². The number of aliphatic carboxylic acids is 1. The van der Waals surface area contributed by atoms with Crippen LogP contribution in [0.4, 0.5) is 0 Å². The maximum Gasteiger partial charge on any atom is 0.306 e. The van der Waals surface area contributed by atoms with Crippen LogP contribution in [0.2, 0.25) is 0 Å². The van der Waals surface area contributed by atoms with Crippen molar-refractivity contribution in [3.05, 3.63) is 23.8 Å². The number of carboxylic acid groups (broad SMARTS) is 1. The molecule has 0 saturated heterocycles. The van der Waals surface area contributed by atoms with E-state index in [1.165, 1.54) is 12.8 Å². The Bertz CT molecular complexity index is 1060. The summed E-state index contributed by atoms with van der Waals surface area (Å²) in [6.07, 6.45) is 19.5. The summed E-state index contributed by atoms with van der Waals surface area (Å²) in [4.78, 5) is 11.7. The highest BCUT2D eigenvalue weighted by Gasteiger charge is 2.37. The van der Waals surface area contributed by atoms with Crippen molar-refractivity contribution < 1.29 is 40.5 Å². The van der Waals surface area contributed by atoms with E-state index >= 15 is 0 Å². The topological polar surface area (TPSA) is 159 Å². The number of hydrogen-bond acceptors (Lipinski definition) is 7. The normalized spacial score (nSPS) is 29.3. The molecule has 11 unspecified atom stereocenters. The molecule has 0 heterocycles. The molecule has 51 heavy (non-hydrogen) atoms. The van der Waals surface area contributed by atoms with Gasteiger partial charge in [-0.1, -0.05) is 58.4 Å². The largest absolute Gasteiger partial charge is 0.481 e. The van der Waals surface area contributed by atoms with Gasteiger partial charge >= 0.3 is 5.97 Å². The number of carbonyl (C=O) groups is 1. The fourth-order valence-electron chi connectivity index (χ4n) is 10.3. The fraction of sp³-hybridized carbons (Fsp3) is 0.884. The Labute approximate surface area is 309 Å². The molecular formula is C43H76O8. The molecule has 14 atom stereocenters. The zero-order valence-electron chi connectivity index (χ0n) is 32.7. The molecule has 3 aliphatic carbocycles. The fourth-order valence-corrected chi connectivity index (χ4v) is 10.3. The van der Waals surface area contributed by atoms with Gasteiger partial charge in [0.2, 0.25) is 0 Å².